The van der Waals surface area contributed by atoms with Crippen molar-refractivity contribution >= 4 is 12.0 Å². The summed E-state index contributed by atoms with van der Waals surface area (Å²) in [5.41, 5.74) is 3.43. The molecule has 0 aliphatic carbocycles. The SMILES string of the molecule is O=C(N1CCc2cnc(NC3CCOCC3)nc2C1)N1CCCC1Cc1ccccc1. The van der Waals surface area contributed by atoms with Crippen LogP contribution in [0.4, 0.5) is 10.7 Å². The number of carbonyl (C=O) groups excluding carboxylic acids is 1. The van der Waals surface area contributed by atoms with Gasteiger partial charge in [0.25, 0.3) is 0 Å². The minimum Gasteiger partial charge on any atom is -0.381 e. The third-order valence-electron chi connectivity index (χ3n) is 6.71. The highest BCUT2D eigenvalue weighted by Gasteiger charge is 2.33. The maximum Gasteiger partial charge on any atom is 0.320 e. The summed E-state index contributed by atoms with van der Waals surface area (Å²) >= 11 is 0. The highest BCUT2D eigenvalue weighted by atomic mass is 16.5. The van der Waals surface area contributed by atoms with Gasteiger partial charge in [0.05, 0.1) is 12.2 Å². The molecule has 2 fully saturated rings. The van der Waals surface area contributed by atoms with Crippen molar-refractivity contribution in [3.05, 3.63) is 53.3 Å². The molecular formula is C24H31N5O2. The Morgan fingerprint density at radius 2 is 1.97 bits per heavy atom. The van der Waals surface area contributed by atoms with E-state index in [0.29, 0.717) is 18.5 Å². The molecular weight excluding hydrogens is 390 g/mol. The number of nitrogens with zero attached hydrogens (tertiary/aromatic N) is 4. The smallest absolute Gasteiger partial charge is 0.320 e. The summed E-state index contributed by atoms with van der Waals surface area (Å²) in [7, 11) is 0. The van der Waals surface area contributed by atoms with Crippen LogP contribution in [0.15, 0.2) is 36.5 Å². The number of likely N-dealkylation sites (tertiary alicyclic amines) is 1. The van der Waals surface area contributed by atoms with E-state index in [-0.39, 0.29) is 12.1 Å². The Balaban J connectivity index is 1.24. The lowest BCUT2D eigenvalue weighted by Crippen LogP contribution is -2.48. The molecule has 5 rings (SSSR count). The standard InChI is InChI=1S/C24H31N5O2/c30-24(29-11-4-7-21(29)15-18-5-2-1-3-6-18)28-12-8-19-16-25-23(27-22(19)17-28)26-20-9-13-31-14-10-20/h1-3,5-6,16,20-21H,4,7-15,17H2,(H,25,26,27). The van der Waals surface area contributed by atoms with Gasteiger partial charge in [0.1, 0.15) is 0 Å². The van der Waals surface area contributed by atoms with Crippen molar-refractivity contribution in [3.8, 4) is 0 Å². The van der Waals surface area contributed by atoms with E-state index in [2.05, 4.69) is 39.5 Å². The monoisotopic (exact) mass is 421 g/mol. The fraction of sp³-hybridized carbons (Fsp3) is 0.542. The van der Waals surface area contributed by atoms with E-state index in [9.17, 15) is 4.79 Å². The van der Waals surface area contributed by atoms with E-state index in [1.807, 2.05) is 17.2 Å². The van der Waals surface area contributed by atoms with Crippen molar-refractivity contribution in [3.63, 3.8) is 0 Å². The third kappa shape index (κ3) is 4.66. The summed E-state index contributed by atoms with van der Waals surface area (Å²) in [6, 6.07) is 11.3. The number of benzene rings is 1. The molecule has 2 saturated heterocycles. The van der Waals surface area contributed by atoms with E-state index in [0.717, 1.165) is 76.1 Å². The van der Waals surface area contributed by atoms with Crippen molar-refractivity contribution in [1.29, 1.82) is 0 Å². The lowest BCUT2D eigenvalue weighted by atomic mass is 10.0. The van der Waals surface area contributed by atoms with Gasteiger partial charge in [-0.2, -0.15) is 0 Å². The van der Waals surface area contributed by atoms with Gasteiger partial charge in [0, 0.05) is 44.6 Å². The lowest BCUT2D eigenvalue weighted by Gasteiger charge is -2.34. The Kier molecular flexibility index (Phi) is 6.02. The Morgan fingerprint density at radius 1 is 1.13 bits per heavy atom. The van der Waals surface area contributed by atoms with Crippen LogP contribution in [0.25, 0.3) is 0 Å². The van der Waals surface area contributed by atoms with Gasteiger partial charge >= 0.3 is 6.03 Å². The van der Waals surface area contributed by atoms with Gasteiger partial charge in [-0.3, -0.25) is 0 Å². The Hall–Kier alpha value is -2.67. The van der Waals surface area contributed by atoms with Crippen LogP contribution in [-0.2, 0) is 24.1 Å². The van der Waals surface area contributed by atoms with Gasteiger partial charge in [0.15, 0.2) is 0 Å². The summed E-state index contributed by atoms with van der Waals surface area (Å²) in [5, 5.41) is 3.45. The maximum absolute atomic E-state index is 13.4. The van der Waals surface area contributed by atoms with Crippen LogP contribution in [0.2, 0.25) is 0 Å². The second-order valence-corrected chi connectivity index (χ2v) is 8.83. The van der Waals surface area contributed by atoms with E-state index < -0.39 is 0 Å². The molecule has 0 saturated carbocycles. The minimum absolute atomic E-state index is 0.154. The zero-order valence-corrected chi connectivity index (χ0v) is 18.0. The molecule has 3 aliphatic rings. The van der Waals surface area contributed by atoms with Crippen molar-refractivity contribution in [2.45, 2.75) is 57.2 Å². The average molecular weight is 422 g/mol. The van der Waals surface area contributed by atoms with E-state index in [1.165, 1.54) is 5.56 Å². The quantitative estimate of drug-likeness (QED) is 0.821. The third-order valence-corrected chi connectivity index (χ3v) is 6.71. The number of hydrogen-bond donors (Lipinski definition) is 1. The molecule has 1 atom stereocenters. The first-order valence-corrected chi connectivity index (χ1v) is 11.5. The number of carbonyl (C=O) groups is 1. The van der Waals surface area contributed by atoms with Crippen LogP contribution in [0.1, 0.15) is 42.5 Å². The van der Waals surface area contributed by atoms with Crippen LogP contribution in [-0.4, -0.2) is 64.2 Å². The van der Waals surface area contributed by atoms with Gasteiger partial charge in [0.2, 0.25) is 5.95 Å². The van der Waals surface area contributed by atoms with Gasteiger partial charge in [-0.05, 0) is 49.7 Å². The summed E-state index contributed by atoms with van der Waals surface area (Å²) in [5.74, 6) is 0.670. The number of amides is 2. The number of ether oxygens (including phenoxy) is 1. The molecule has 3 aliphatic heterocycles. The number of anilines is 1. The molecule has 0 radical (unpaired) electrons. The van der Waals surface area contributed by atoms with Crippen LogP contribution < -0.4 is 5.32 Å². The molecule has 1 N–H and O–H groups in total. The maximum atomic E-state index is 13.4. The Morgan fingerprint density at radius 3 is 2.81 bits per heavy atom. The molecule has 4 heterocycles. The number of hydrogen-bond acceptors (Lipinski definition) is 5. The second kappa shape index (κ2) is 9.22. The van der Waals surface area contributed by atoms with Gasteiger partial charge in [-0.15, -0.1) is 0 Å². The molecule has 2 amide bonds. The molecule has 7 heteroatoms. The zero-order valence-electron chi connectivity index (χ0n) is 18.0. The summed E-state index contributed by atoms with van der Waals surface area (Å²) < 4.78 is 5.43. The minimum atomic E-state index is 0.154. The Bertz CT molecular complexity index is 900. The number of fused-ring (bicyclic) bond motifs is 1. The predicted octanol–water partition coefficient (Wildman–Crippen LogP) is 3.25. The zero-order chi connectivity index (χ0) is 21.0. The van der Waals surface area contributed by atoms with E-state index in [4.69, 9.17) is 9.72 Å². The Labute approximate surface area is 183 Å². The molecule has 0 bridgehead atoms. The second-order valence-electron chi connectivity index (χ2n) is 8.83. The highest BCUT2D eigenvalue weighted by Crippen LogP contribution is 2.26. The largest absolute Gasteiger partial charge is 0.381 e. The average Bonchev–Trinajstić information content (AvgIpc) is 3.27. The van der Waals surface area contributed by atoms with Crippen LogP contribution >= 0.6 is 0 Å². The number of urea groups is 1. The van der Waals surface area contributed by atoms with Gasteiger partial charge in [-0.25, -0.2) is 14.8 Å². The number of nitrogens with one attached hydrogen (secondary N) is 1. The molecule has 1 aromatic carbocycles. The van der Waals surface area contributed by atoms with Gasteiger partial charge in [-0.1, -0.05) is 30.3 Å². The van der Waals surface area contributed by atoms with Crippen molar-refractivity contribution in [2.24, 2.45) is 0 Å². The first-order valence-electron chi connectivity index (χ1n) is 11.5. The summed E-state index contributed by atoms with van der Waals surface area (Å²) in [6.45, 7) is 3.71. The molecule has 0 spiro atoms. The molecule has 7 nitrogen and oxygen atoms in total. The van der Waals surface area contributed by atoms with Gasteiger partial charge < -0.3 is 19.9 Å². The number of rotatable bonds is 4. The van der Waals surface area contributed by atoms with Crippen molar-refractivity contribution in [2.75, 3.05) is 31.6 Å². The first kappa shape index (κ1) is 20.2. The topological polar surface area (TPSA) is 70.6 Å². The summed E-state index contributed by atoms with van der Waals surface area (Å²) in [6.07, 6.45) is 7.78. The molecule has 164 valence electrons. The lowest BCUT2D eigenvalue weighted by molar-refractivity contribution is 0.0903. The molecule has 1 unspecified atom stereocenters. The van der Waals surface area contributed by atoms with Crippen LogP contribution in [0.3, 0.4) is 0 Å². The highest BCUT2D eigenvalue weighted by molar-refractivity contribution is 5.75. The van der Waals surface area contributed by atoms with Crippen LogP contribution in [0.5, 0.6) is 0 Å². The van der Waals surface area contributed by atoms with E-state index >= 15 is 0 Å². The van der Waals surface area contributed by atoms with Crippen LogP contribution in [0, 0.1) is 0 Å². The fourth-order valence-corrected chi connectivity index (χ4v) is 4.93. The molecule has 2 aromatic rings. The van der Waals surface area contributed by atoms with Crippen molar-refractivity contribution in [1.82, 2.24) is 19.8 Å². The molecule has 31 heavy (non-hydrogen) atoms. The molecule has 1 aromatic heterocycles. The van der Waals surface area contributed by atoms with Crippen molar-refractivity contribution < 1.29 is 9.53 Å². The summed E-state index contributed by atoms with van der Waals surface area (Å²) in [4.78, 5) is 26.7. The first-order chi connectivity index (χ1) is 15.3. The predicted molar refractivity (Wildman–Crippen MR) is 119 cm³/mol. The fourth-order valence-electron chi connectivity index (χ4n) is 4.93. The van der Waals surface area contributed by atoms with E-state index in [1.54, 1.807) is 0 Å². The number of aromatic nitrogens is 2. The normalized spacial score (nSPS) is 21.7.